The molecule has 1 heterocycles. The minimum Gasteiger partial charge on any atom is -0.495 e. The van der Waals surface area contributed by atoms with Crippen LogP contribution in [0.3, 0.4) is 0 Å². The molecule has 0 spiro atoms. The number of carbonyl (C=O) groups is 3. The number of fused-ring (bicyclic) bond motifs is 3. The number of ether oxygens (including phenoxy) is 2. The van der Waals surface area contributed by atoms with Gasteiger partial charge in [-0.05, 0) is 40.3 Å². The van der Waals surface area contributed by atoms with E-state index < -0.39 is 30.0 Å². The van der Waals surface area contributed by atoms with Crippen LogP contribution in [0.1, 0.15) is 41.1 Å². The van der Waals surface area contributed by atoms with Crippen molar-refractivity contribution >= 4 is 17.9 Å². The summed E-state index contributed by atoms with van der Waals surface area (Å²) < 4.78 is 11.6. The van der Waals surface area contributed by atoms with Crippen LogP contribution >= 0.6 is 0 Å². The van der Waals surface area contributed by atoms with Crippen molar-refractivity contribution in [3.63, 3.8) is 0 Å². The molecule has 6 rings (SSSR count). The number of imide groups is 1. The zero-order valence-corrected chi connectivity index (χ0v) is 23.8. The molecule has 0 aromatic heterocycles. The fraction of sp³-hybridized carbons (Fsp3) is 0.194. The van der Waals surface area contributed by atoms with E-state index in [0.717, 1.165) is 33.4 Å². The highest BCUT2D eigenvalue weighted by Crippen LogP contribution is 2.44. The van der Waals surface area contributed by atoms with E-state index >= 15 is 0 Å². The number of alkyl carbamates (subject to hydrolysis) is 1. The summed E-state index contributed by atoms with van der Waals surface area (Å²) >= 11 is 0. The van der Waals surface area contributed by atoms with Gasteiger partial charge in [-0.25, -0.2) is 4.79 Å². The van der Waals surface area contributed by atoms with Crippen LogP contribution in [-0.2, 0) is 25.5 Å². The Bertz CT molecular complexity index is 1620. The Kier molecular flexibility index (Phi) is 8.05. The summed E-state index contributed by atoms with van der Waals surface area (Å²) in [6.07, 6.45) is 0.808. The van der Waals surface area contributed by atoms with E-state index in [9.17, 15) is 14.4 Å². The molecule has 1 aliphatic carbocycles. The lowest BCUT2D eigenvalue weighted by Crippen LogP contribution is -2.51. The molecule has 216 valence electrons. The highest BCUT2D eigenvalue weighted by molar-refractivity contribution is 6.06. The maximum atomic E-state index is 14.2. The summed E-state index contributed by atoms with van der Waals surface area (Å²) in [5.74, 6) is -0.759. The van der Waals surface area contributed by atoms with E-state index in [2.05, 4.69) is 29.6 Å². The number of benzene rings is 4. The van der Waals surface area contributed by atoms with Crippen LogP contribution in [0.4, 0.5) is 4.79 Å². The van der Waals surface area contributed by atoms with E-state index in [1.54, 1.807) is 0 Å². The van der Waals surface area contributed by atoms with E-state index in [1.165, 1.54) is 11.0 Å². The Balaban J connectivity index is 1.24. The molecule has 0 radical (unpaired) electrons. The van der Waals surface area contributed by atoms with Gasteiger partial charge in [0.1, 0.15) is 24.4 Å². The summed E-state index contributed by atoms with van der Waals surface area (Å²) in [5, 5.41) is 2.78. The molecular formula is C36H32N2O5. The summed E-state index contributed by atoms with van der Waals surface area (Å²) in [4.78, 5) is 41.9. The van der Waals surface area contributed by atoms with Crippen LogP contribution in [0.5, 0.6) is 0 Å². The maximum absolute atomic E-state index is 14.2. The predicted molar refractivity (Wildman–Crippen MR) is 163 cm³/mol. The first kappa shape index (κ1) is 28.0. The largest absolute Gasteiger partial charge is 0.495 e. The van der Waals surface area contributed by atoms with Gasteiger partial charge in [0.05, 0.1) is 6.61 Å². The van der Waals surface area contributed by atoms with Gasteiger partial charge in [-0.1, -0.05) is 109 Å². The monoisotopic (exact) mass is 572 g/mol. The number of rotatable bonds is 9. The van der Waals surface area contributed by atoms with Gasteiger partial charge >= 0.3 is 6.09 Å². The Morgan fingerprint density at radius 3 is 2.02 bits per heavy atom. The Morgan fingerprint density at radius 1 is 0.814 bits per heavy atom. The van der Waals surface area contributed by atoms with Crippen LogP contribution in [0.2, 0.25) is 0 Å². The summed E-state index contributed by atoms with van der Waals surface area (Å²) in [5.41, 5.74) is 6.01. The molecule has 0 fully saturated rings. The number of amides is 3. The van der Waals surface area contributed by atoms with Crippen LogP contribution < -0.4 is 5.32 Å². The van der Waals surface area contributed by atoms with Crippen LogP contribution in [0.25, 0.3) is 11.1 Å². The third-order valence-electron chi connectivity index (χ3n) is 7.91. The Labute approximate surface area is 250 Å². The van der Waals surface area contributed by atoms with Gasteiger partial charge in [0.2, 0.25) is 0 Å². The lowest BCUT2D eigenvalue weighted by molar-refractivity contribution is -0.144. The molecule has 2 aliphatic rings. The number of hydrogen-bond donors (Lipinski definition) is 1. The van der Waals surface area contributed by atoms with Crippen molar-refractivity contribution in [1.82, 2.24) is 10.2 Å². The molecule has 7 nitrogen and oxygen atoms in total. The first-order chi connectivity index (χ1) is 21.0. The number of hydrogen-bond acceptors (Lipinski definition) is 5. The minimum absolute atomic E-state index is 0.109. The van der Waals surface area contributed by atoms with Crippen molar-refractivity contribution in [1.29, 1.82) is 0 Å². The molecule has 2 atom stereocenters. The van der Waals surface area contributed by atoms with E-state index in [4.69, 9.17) is 9.47 Å². The third-order valence-corrected chi connectivity index (χ3v) is 7.91. The van der Waals surface area contributed by atoms with Crippen LogP contribution in [0.15, 0.2) is 121 Å². The van der Waals surface area contributed by atoms with Gasteiger partial charge in [0, 0.05) is 18.4 Å². The zero-order valence-electron chi connectivity index (χ0n) is 23.8. The van der Waals surface area contributed by atoms with Crippen molar-refractivity contribution in [2.45, 2.75) is 31.3 Å². The maximum Gasteiger partial charge on any atom is 0.407 e. The van der Waals surface area contributed by atoms with Crippen molar-refractivity contribution in [2.24, 2.45) is 0 Å². The summed E-state index contributed by atoms with van der Waals surface area (Å²) in [7, 11) is 0. The Morgan fingerprint density at radius 2 is 1.40 bits per heavy atom. The molecule has 3 amide bonds. The van der Waals surface area contributed by atoms with Crippen molar-refractivity contribution in [2.75, 3.05) is 13.2 Å². The molecule has 1 aliphatic heterocycles. The highest BCUT2D eigenvalue weighted by atomic mass is 16.5. The minimum atomic E-state index is -1.05. The van der Waals surface area contributed by atoms with E-state index in [1.807, 2.05) is 91.9 Å². The lowest BCUT2D eigenvalue weighted by Gasteiger charge is -2.29. The smallest absolute Gasteiger partial charge is 0.407 e. The molecular weight excluding hydrogens is 540 g/mol. The molecule has 0 saturated heterocycles. The van der Waals surface area contributed by atoms with Gasteiger partial charge in [-0.15, -0.1) is 0 Å². The normalized spacial score (nSPS) is 16.2. The second kappa shape index (κ2) is 12.4. The van der Waals surface area contributed by atoms with Gasteiger partial charge in [-0.3, -0.25) is 14.5 Å². The fourth-order valence-electron chi connectivity index (χ4n) is 6.00. The second-order valence-corrected chi connectivity index (χ2v) is 10.6. The molecule has 1 N–H and O–H groups in total. The topological polar surface area (TPSA) is 84.9 Å². The predicted octanol–water partition coefficient (Wildman–Crippen LogP) is 6.17. The summed E-state index contributed by atoms with van der Waals surface area (Å²) in [6.45, 7) is 2.28. The van der Waals surface area contributed by atoms with Gasteiger partial charge in [0.25, 0.3) is 11.8 Å². The molecule has 4 aromatic rings. The molecule has 7 heteroatoms. The number of carbonyl (C=O) groups excluding carboxylic acids is 3. The van der Waals surface area contributed by atoms with E-state index in [0.29, 0.717) is 12.4 Å². The van der Waals surface area contributed by atoms with Crippen molar-refractivity contribution in [3.8, 4) is 11.1 Å². The third kappa shape index (κ3) is 5.66. The second-order valence-electron chi connectivity index (χ2n) is 10.6. The van der Waals surface area contributed by atoms with Crippen molar-refractivity contribution < 1.29 is 23.9 Å². The number of nitrogens with one attached hydrogen (secondary N) is 1. The average molecular weight is 573 g/mol. The quantitative estimate of drug-likeness (QED) is 0.259. The highest BCUT2D eigenvalue weighted by Gasteiger charge is 2.42. The van der Waals surface area contributed by atoms with Crippen LogP contribution in [-0.4, -0.2) is 42.1 Å². The van der Waals surface area contributed by atoms with Gasteiger partial charge in [0.15, 0.2) is 0 Å². The lowest BCUT2D eigenvalue weighted by atomic mass is 9.98. The van der Waals surface area contributed by atoms with Crippen LogP contribution in [0, 0.1) is 0 Å². The summed E-state index contributed by atoms with van der Waals surface area (Å²) in [6, 6.07) is 33.1. The van der Waals surface area contributed by atoms with Gasteiger partial charge < -0.3 is 14.8 Å². The molecule has 0 unspecified atom stereocenters. The average Bonchev–Trinajstić information content (AvgIpc) is 3.54. The SMILES string of the molecule is CCOC1=CC(=O)N(C(=O)[C@H](Cc2ccccc2)NC(=O)OCC2c3ccccc3-c3ccccc32)[C@H]1c1ccccc1. The molecule has 0 bridgehead atoms. The fourth-order valence-corrected chi connectivity index (χ4v) is 6.00. The standard InChI is InChI=1S/C36H32N2O5/c1-2-42-32-22-33(39)38(34(32)25-15-7-4-8-16-25)35(40)31(21-24-13-5-3-6-14-24)37-36(41)43-23-30-28-19-11-9-17-26(28)27-18-10-12-20-29(27)30/h3-20,22,30-31,34H,2,21,23H2,1H3,(H,37,41)/t31-,34-/m0/s1. The first-order valence-electron chi connectivity index (χ1n) is 14.5. The van der Waals surface area contributed by atoms with Gasteiger partial charge in [-0.2, -0.15) is 0 Å². The van der Waals surface area contributed by atoms with Crippen molar-refractivity contribution in [3.05, 3.63) is 143 Å². The number of nitrogens with zero attached hydrogens (tertiary/aromatic N) is 1. The zero-order chi connectivity index (χ0) is 29.8. The first-order valence-corrected chi connectivity index (χ1v) is 14.5. The molecule has 0 saturated carbocycles. The molecule has 43 heavy (non-hydrogen) atoms. The molecule has 4 aromatic carbocycles. The van der Waals surface area contributed by atoms with E-state index in [-0.39, 0.29) is 18.9 Å². The Hall–Kier alpha value is -5.17.